The third kappa shape index (κ3) is 3.80. The Morgan fingerprint density at radius 1 is 1.56 bits per heavy atom. The van der Waals surface area contributed by atoms with E-state index in [9.17, 15) is 9.18 Å². The van der Waals surface area contributed by atoms with E-state index in [1.165, 1.54) is 12.3 Å². The van der Waals surface area contributed by atoms with Crippen LogP contribution in [0, 0.1) is 5.82 Å². The number of carbonyl (C=O) groups excluding carboxylic acids is 1. The van der Waals surface area contributed by atoms with Gasteiger partial charge in [-0.15, -0.1) is 24.8 Å². The molecule has 2 heterocycles. The zero-order chi connectivity index (χ0) is 11.5. The molecule has 0 aromatic carbocycles. The van der Waals surface area contributed by atoms with Gasteiger partial charge in [0.2, 0.25) is 0 Å². The van der Waals surface area contributed by atoms with E-state index >= 15 is 0 Å². The minimum Gasteiger partial charge on any atom is -0.336 e. The summed E-state index contributed by atoms with van der Waals surface area (Å²) in [6, 6.07) is 1.67. The smallest absolute Gasteiger partial charge is 0.257 e. The van der Waals surface area contributed by atoms with Gasteiger partial charge in [0.1, 0.15) is 0 Å². The molecule has 7 heteroatoms. The van der Waals surface area contributed by atoms with E-state index < -0.39 is 5.82 Å². The summed E-state index contributed by atoms with van der Waals surface area (Å²) in [6.07, 6.45) is 2.50. The van der Waals surface area contributed by atoms with E-state index in [4.69, 9.17) is 0 Å². The van der Waals surface area contributed by atoms with Crippen molar-refractivity contribution in [2.75, 3.05) is 19.6 Å². The van der Waals surface area contributed by atoms with Crippen molar-refractivity contribution in [1.82, 2.24) is 15.2 Å². The van der Waals surface area contributed by atoms with E-state index in [2.05, 4.69) is 10.3 Å². The summed E-state index contributed by atoms with van der Waals surface area (Å²) >= 11 is 0. The summed E-state index contributed by atoms with van der Waals surface area (Å²) in [6.45, 7) is 3.98. The van der Waals surface area contributed by atoms with Crippen LogP contribution in [0.4, 0.5) is 4.39 Å². The summed E-state index contributed by atoms with van der Waals surface area (Å²) in [7, 11) is 0. The van der Waals surface area contributed by atoms with Crippen molar-refractivity contribution in [3.63, 3.8) is 0 Å². The lowest BCUT2D eigenvalue weighted by Crippen LogP contribution is -2.51. The number of aromatic nitrogens is 1. The predicted molar refractivity (Wildman–Crippen MR) is 72.1 cm³/mol. The molecule has 4 nitrogen and oxygen atoms in total. The van der Waals surface area contributed by atoms with Gasteiger partial charge in [-0.1, -0.05) is 0 Å². The third-order valence-corrected chi connectivity index (χ3v) is 2.66. The molecule has 1 aliphatic heterocycles. The molecule has 1 N–H and O–H groups in total. The first-order valence-electron chi connectivity index (χ1n) is 5.30. The van der Waals surface area contributed by atoms with E-state index in [1.54, 1.807) is 4.90 Å². The molecule has 18 heavy (non-hydrogen) atoms. The van der Waals surface area contributed by atoms with Gasteiger partial charge in [-0.2, -0.15) is 0 Å². The van der Waals surface area contributed by atoms with Gasteiger partial charge >= 0.3 is 0 Å². The van der Waals surface area contributed by atoms with Gasteiger partial charge in [0.15, 0.2) is 5.82 Å². The minimum absolute atomic E-state index is 0. The Labute approximate surface area is 118 Å². The van der Waals surface area contributed by atoms with Crippen molar-refractivity contribution in [2.24, 2.45) is 0 Å². The van der Waals surface area contributed by atoms with Crippen LogP contribution in [0.2, 0.25) is 0 Å². The Morgan fingerprint density at radius 3 is 2.89 bits per heavy atom. The number of piperazine rings is 1. The number of carbonyl (C=O) groups is 1. The first-order chi connectivity index (χ1) is 7.68. The molecule has 1 aromatic rings. The monoisotopic (exact) mass is 295 g/mol. The lowest BCUT2D eigenvalue weighted by Gasteiger charge is -2.31. The molecule has 0 spiro atoms. The predicted octanol–water partition coefficient (Wildman–Crippen LogP) is 1.50. The molecule has 1 fully saturated rings. The molecule has 1 amide bonds. The number of halogens is 3. The highest BCUT2D eigenvalue weighted by molar-refractivity contribution is 5.94. The van der Waals surface area contributed by atoms with Gasteiger partial charge in [-0.3, -0.25) is 9.78 Å². The molecule has 0 saturated carbocycles. The van der Waals surface area contributed by atoms with Crippen LogP contribution in [0.15, 0.2) is 18.5 Å². The molecule has 0 bridgehead atoms. The number of amides is 1. The Balaban J connectivity index is 0.00000144. The van der Waals surface area contributed by atoms with Crippen molar-refractivity contribution in [1.29, 1.82) is 0 Å². The maximum absolute atomic E-state index is 13.4. The van der Waals surface area contributed by atoms with Gasteiger partial charge in [-0.25, -0.2) is 4.39 Å². The van der Waals surface area contributed by atoms with E-state index in [0.717, 1.165) is 12.7 Å². The number of nitrogens with one attached hydrogen (secondary N) is 1. The average Bonchev–Trinajstić information content (AvgIpc) is 2.29. The molecule has 0 aliphatic carbocycles. The van der Waals surface area contributed by atoms with Crippen LogP contribution in [-0.4, -0.2) is 41.5 Å². The molecule has 1 aliphatic rings. The highest BCUT2D eigenvalue weighted by atomic mass is 35.5. The highest BCUT2D eigenvalue weighted by Gasteiger charge is 2.23. The van der Waals surface area contributed by atoms with Crippen LogP contribution < -0.4 is 5.32 Å². The highest BCUT2D eigenvalue weighted by Crippen LogP contribution is 2.10. The maximum atomic E-state index is 13.4. The van der Waals surface area contributed by atoms with Crippen molar-refractivity contribution < 1.29 is 9.18 Å². The zero-order valence-corrected chi connectivity index (χ0v) is 11.6. The number of hydrogen-bond acceptors (Lipinski definition) is 3. The molecule has 102 valence electrons. The maximum Gasteiger partial charge on any atom is 0.257 e. The van der Waals surface area contributed by atoms with Crippen LogP contribution in [0.1, 0.15) is 17.3 Å². The van der Waals surface area contributed by atoms with E-state index in [1.807, 2.05) is 6.92 Å². The molecular formula is C11H16Cl2FN3O. The molecule has 1 atom stereocenters. The lowest BCUT2D eigenvalue weighted by molar-refractivity contribution is 0.0704. The quantitative estimate of drug-likeness (QED) is 0.854. The van der Waals surface area contributed by atoms with Gasteiger partial charge in [-0.05, 0) is 13.0 Å². The Morgan fingerprint density at radius 2 is 2.28 bits per heavy atom. The van der Waals surface area contributed by atoms with E-state index in [0.29, 0.717) is 13.1 Å². The van der Waals surface area contributed by atoms with Crippen LogP contribution in [0.5, 0.6) is 0 Å². The fourth-order valence-corrected chi connectivity index (χ4v) is 1.84. The van der Waals surface area contributed by atoms with Gasteiger partial charge in [0, 0.05) is 31.9 Å². The largest absolute Gasteiger partial charge is 0.336 e. The lowest BCUT2D eigenvalue weighted by atomic mass is 10.2. The van der Waals surface area contributed by atoms with E-state index in [-0.39, 0.29) is 42.3 Å². The zero-order valence-electron chi connectivity index (χ0n) is 9.93. The topological polar surface area (TPSA) is 45.2 Å². The summed E-state index contributed by atoms with van der Waals surface area (Å²) in [5.41, 5.74) is 0.101. The summed E-state index contributed by atoms with van der Waals surface area (Å²) in [4.78, 5) is 17.3. The van der Waals surface area contributed by atoms with Crippen molar-refractivity contribution >= 4 is 30.7 Å². The summed E-state index contributed by atoms with van der Waals surface area (Å²) in [5, 5.41) is 3.23. The summed E-state index contributed by atoms with van der Waals surface area (Å²) in [5.74, 6) is -0.813. The third-order valence-electron chi connectivity index (χ3n) is 2.66. The molecule has 1 unspecified atom stereocenters. The number of nitrogens with zero attached hydrogens (tertiary/aromatic N) is 2. The van der Waals surface area contributed by atoms with Gasteiger partial charge < -0.3 is 10.2 Å². The SMILES string of the molecule is CC1CN(C(=O)c2ccncc2F)CCN1.Cl.Cl. The first kappa shape index (κ1) is 17.1. The minimum atomic E-state index is -0.557. The van der Waals surface area contributed by atoms with Crippen molar-refractivity contribution in [3.05, 3.63) is 29.8 Å². The van der Waals surface area contributed by atoms with Gasteiger partial charge in [0.25, 0.3) is 5.91 Å². The number of hydrogen-bond donors (Lipinski definition) is 1. The summed E-state index contributed by atoms with van der Waals surface area (Å²) < 4.78 is 13.4. The Bertz CT molecular complexity index is 406. The standard InChI is InChI=1S/C11H14FN3O.2ClH/c1-8-7-15(5-4-14-8)11(16)9-2-3-13-6-10(9)12;;/h2-3,6,8,14H,4-5,7H2,1H3;2*1H. The molecule has 0 radical (unpaired) electrons. The fraction of sp³-hybridized carbons (Fsp3) is 0.455. The average molecular weight is 296 g/mol. The fourth-order valence-electron chi connectivity index (χ4n) is 1.84. The van der Waals surface area contributed by atoms with Crippen molar-refractivity contribution in [3.8, 4) is 0 Å². The molecule has 2 rings (SSSR count). The first-order valence-corrected chi connectivity index (χ1v) is 5.30. The number of rotatable bonds is 1. The normalized spacial score (nSPS) is 18.6. The van der Waals surface area contributed by atoms with Crippen LogP contribution >= 0.6 is 24.8 Å². The van der Waals surface area contributed by atoms with Crippen LogP contribution in [-0.2, 0) is 0 Å². The van der Waals surface area contributed by atoms with Crippen molar-refractivity contribution in [2.45, 2.75) is 13.0 Å². The molecule has 1 aromatic heterocycles. The second kappa shape index (κ2) is 7.51. The Kier molecular flexibility index (Phi) is 7.13. The molecule has 1 saturated heterocycles. The number of pyridine rings is 1. The molecular weight excluding hydrogens is 280 g/mol. The second-order valence-corrected chi connectivity index (χ2v) is 3.96. The Hall–Kier alpha value is -0.910. The van der Waals surface area contributed by atoms with Crippen LogP contribution in [0.25, 0.3) is 0 Å². The van der Waals surface area contributed by atoms with Crippen LogP contribution in [0.3, 0.4) is 0 Å². The second-order valence-electron chi connectivity index (χ2n) is 3.96. The van der Waals surface area contributed by atoms with Gasteiger partial charge in [0.05, 0.1) is 11.8 Å².